The number of aliphatic hydroxyl groups is 1. The molecule has 0 saturated carbocycles. The Morgan fingerprint density at radius 1 is 1.40 bits per heavy atom. The van der Waals surface area contributed by atoms with Gasteiger partial charge in [-0.05, 0) is 31.6 Å². The zero-order valence-corrected chi connectivity index (χ0v) is 13.3. The lowest BCUT2D eigenvalue weighted by Gasteiger charge is -2.40. The summed E-state index contributed by atoms with van der Waals surface area (Å²) in [5.41, 5.74) is 0. The molecule has 1 saturated heterocycles. The molecule has 0 aromatic heterocycles. The summed E-state index contributed by atoms with van der Waals surface area (Å²) in [5.74, 6) is 0.801. The van der Waals surface area contributed by atoms with Gasteiger partial charge in [0.15, 0.2) is 0 Å². The van der Waals surface area contributed by atoms with Crippen molar-refractivity contribution in [2.24, 2.45) is 11.8 Å². The summed E-state index contributed by atoms with van der Waals surface area (Å²) in [6.07, 6.45) is 0.930. The van der Waals surface area contributed by atoms with Gasteiger partial charge in [0, 0.05) is 25.7 Å². The topological polar surface area (TPSA) is 61.8 Å². The fourth-order valence-electron chi connectivity index (χ4n) is 2.95. The number of nitrogens with one attached hydrogen (secondary N) is 1. The Hall–Kier alpha value is -0.810. The summed E-state index contributed by atoms with van der Waals surface area (Å²) < 4.78 is 4.95. The van der Waals surface area contributed by atoms with E-state index in [0.29, 0.717) is 12.5 Å². The smallest absolute Gasteiger partial charge is 0.407 e. The first-order valence-electron chi connectivity index (χ1n) is 7.79. The molecule has 1 aliphatic rings. The highest BCUT2D eigenvalue weighted by Crippen LogP contribution is 2.22. The minimum absolute atomic E-state index is 0.0627. The molecule has 0 aromatic carbocycles. The minimum atomic E-state index is -0.353. The van der Waals surface area contributed by atoms with Crippen molar-refractivity contribution in [3.8, 4) is 0 Å². The third kappa shape index (κ3) is 5.67. The van der Waals surface area contributed by atoms with Gasteiger partial charge in [0.2, 0.25) is 0 Å². The molecule has 0 radical (unpaired) electrons. The van der Waals surface area contributed by atoms with Crippen LogP contribution in [0.1, 0.15) is 40.5 Å². The Morgan fingerprint density at radius 2 is 2.10 bits per heavy atom. The zero-order valence-electron chi connectivity index (χ0n) is 13.3. The second kappa shape index (κ2) is 8.47. The maximum absolute atomic E-state index is 11.6. The average molecular weight is 286 g/mol. The van der Waals surface area contributed by atoms with E-state index in [0.717, 1.165) is 32.5 Å². The van der Waals surface area contributed by atoms with Gasteiger partial charge >= 0.3 is 6.09 Å². The highest BCUT2D eigenvalue weighted by molar-refractivity contribution is 5.67. The Morgan fingerprint density at radius 3 is 2.65 bits per heavy atom. The molecule has 0 bridgehead atoms. The number of carbonyl (C=O) groups is 1. The Bertz CT molecular complexity index is 297. The largest absolute Gasteiger partial charge is 0.450 e. The zero-order chi connectivity index (χ0) is 15.1. The van der Waals surface area contributed by atoms with Crippen molar-refractivity contribution in [2.75, 3.05) is 26.2 Å². The Balaban J connectivity index is 2.61. The van der Waals surface area contributed by atoms with Gasteiger partial charge in [-0.3, -0.25) is 0 Å². The quantitative estimate of drug-likeness (QED) is 0.782. The third-order valence-electron chi connectivity index (χ3n) is 3.74. The first kappa shape index (κ1) is 17.2. The molecule has 1 rings (SSSR count). The lowest BCUT2D eigenvalue weighted by molar-refractivity contribution is 0.0308. The first-order chi connectivity index (χ1) is 9.46. The van der Waals surface area contributed by atoms with Crippen LogP contribution in [0.5, 0.6) is 0 Å². The van der Waals surface area contributed by atoms with Crippen LogP contribution in [0, 0.1) is 11.8 Å². The molecule has 1 fully saturated rings. The minimum Gasteiger partial charge on any atom is -0.450 e. The number of amides is 1. The van der Waals surface area contributed by atoms with Gasteiger partial charge in [-0.15, -0.1) is 0 Å². The van der Waals surface area contributed by atoms with E-state index in [9.17, 15) is 9.90 Å². The molecule has 118 valence electrons. The van der Waals surface area contributed by atoms with Gasteiger partial charge in [0.05, 0.1) is 12.7 Å². The van der Waals surface area contributed by atoms with E-state index < -0.39 is 0 Å². The number of nitrogens with zero attached hydrogens (tertiary/aromatic N) is 1. The van der Waals surface area contributed by atoms with Crippen molar-refractivity contribution in [3.05, 3.63) is 0 Å². The third-order valence-corrected chi connectivity index (χ3v) is 3.74. The van der Waals surface area contributed by atoms with E-state index in [1.54, 1.807) is 6.92 Å². The number of ether oxygens (including phenoxy) is 1. The molecule has 2 N–H and O–H groups in total. The number of likely N-dealkylation sites (tertiary alicyclic amines) is 1. The Labute approximate surface area is 122 Å². The van der Waals surface area contributed by atoms with Gasteiger partial charge in [-0.2, -0.15) is 0 Å². The number of hydrogen-bond donors (Lipinski definition) is 2. The first-order valence-corrected chi connectivity index (χ1v) is 7.79. The molecule has 5 nitrogen and oxygen atoms in total. The van der Waals surface area contributed by atoms with Crippen molar-refractivity contribution in [3.63, 3.8) is 0 Å². The summed E-state index contributed by atoms with van der Waals surface area (Å²) in [4.78, 5) is 13.9. The van der Waals surface area contributed by atoms with Crippen LogP contribution >= 0.6 is 0 Å². The molecule has 1 heterocycles. The molecule has 3 unspecified atom stereocenters. The van der Waals surface area contributed by atoms with E-state index >= 15 is 0 Å². The number of hydrogen-bond acceptors (Lipinski definition) is 4. The molecular weight excluding hydrogens is 256 g/mol. The second-order valence-electron chi connectivity index (χ2n) is 6.15. The van der Waals surface area contributed by atoms with E-state index in [4.69, 9.17) is 4.74 Å². The SMILES string of the molecule is CCOC(=O)NC1CC(C(O)CC)CN(CC(C)C)C1. The maximum Gasteiger partial charge on any atom is 0.407 e. The predicted octanol–water partition coefficient (Wildman–Crippen LogP) is 1.85. The molecule has 1 aliphatic heterocycles. The normalized spacial score (nSPS) is 25.5. The molecule has 3 atom stereocenters. The fourth-order valence-corrected chi connectivity index (χ4v) is 2.95. The lowest BCUT2D eigenvalue weighted by atomic mass is 9.88. The van der Waals surface area contributed by atoms with Crippen LogP contribution in [0.4, 0.5) is 4.79 Å². The number of rotatable bonds is 6. The molecule has 0 aromatic rings. The van der Waals surface area contributed by atoms with Crippen LogP contribution in [0.3, 0.4) is 0 Å². The summed E-state index contributed by atoms with van der Waals surface area (Å²) >= 11 is 0. The number of piperidine rings is 1. The highest BCUT2D eigenvalue weighted by atomic mass is 16.5. The molecule has 5 heteroatoms. The fraction of sp³-hybridized carbons (Fsp3) is 0.933. The molecule has 0 aliphatic carbocycles. The molecule has 1 amide bonds. The second-order valence-corrected chi connectivity index (χ2v) is 6.15. The number of alkyl carbamates (subject to hydrolysis) is 1. The van der Waals surface area contributed by atoms with Crippen molar-refractivity contribution in [1.82, 2.24) is 10.2 Å². The number of aliphatic hydroxyl groups excluding tert-OH is 1. The van der Waals surface area contributed by atoms with Gasteiger partial charge in [-0.1, -0.05) is 20.8 Å². The van der Waals surface area contributed by atoms with E-state index in [1.807, 2.05) is 6.92 Å². The lowest BCUT2D eigenvalue weighted by Crippen LogP contribution is -2.53. The highest BCUT2D eigenvalue weighted by Gasteiger charge is 2.32. The van der Waals surface area contributed by atoms with Crippen LogP contribution in [0.25, 0.3) is 0 Å². The Kier molecular flexibility index (Phi) is 7.30. The maximum atomic E-state index is 11.6. The monoisotopic (exact) mass is 286 g/mol. The van der Waals surface area contributed by atoms with E-state index in [-0.39, 0.29) is 24.2 Å². The van der Waals surface area contributed by atoms with Crippen LogP contribution in [-0.2, 0) is 4.74 Å². The van der Waals surface area contributed by atoms with Crippen LogP contribution < -0.4 is 5.32 Å². The summed E-state index contributed by atoms with van der Waals surface area (Å²) in [6.45, 7) is 11.3. The standard InChI is InChI=1S/C15H30N2O3/c1-5-14(18)12-7-13(16-15(19)20-6-2)10-17(9-12)8-11(3)4/h11-14,18H,5-10H2,1-4H3,(H,16,19). The van der Waals surface area contributed by atoms with Gasteiger partial charge in [-0.25, -0.2) is 4.79 Å². The van der Waals surface area contributed by atoms with E-state index in [1.165, 1.54) is 0 Å². The van der Waals surface area contributed by atoms with Gasteiger partial charge in [0.25, 0.3) is 0 Å². The van der Waals surface area contributed by atoms with Crippen LogP contribution in [0.2, 0.25) is 0 Å². The van der Waals surface area contributed by atoms with Crippen LogP contribution in [0.15, 0.2) is 0 Å². The summed E-state index contributed by atoms with van der Waals surface area (Å²) in [6, 6.07) is 0.0627. The molecular formula is C15H30N2O3. The van der Waals surface area contributed by atoms with Gasteiger partial charge < -0.3 is 20.1 Å². The number of carbonyl (C=O) groups excluding carboxylic acids is 1. The van der Waals surface area contributed by atoms with E-state index in [2.05, 4.69) is 24.1 Å². The van der Waals surface area contributed by atoms with Gasteiger partial charge in [0.1, 0.15) is 0 Å². The van der Waals surface area contributed by atoms with Crippen molar-refractivity contribution < 1.29 is 14.6 Å². The predicted molar refractivity (Wildman–Crippen MR) is 79.6 cm³/mol. The van der Waals surface area contributed by atoms with Crippen molar-refractivity contribution in [1.29, 1.82) is 0 Å². The summed E-state index contributed by atoms with van der Waals surface area (Å²) in [7, 11) is 0. The summed E-state index contributed by atoms with van der Waals surface area (Å²) in [5, 5.41) is 13.0. The van der Waals surface area contributed by atoms with Crippen molar-refractivity contribution in [2.45, 2.75) is 52.7 Å². The van der Waals surface area contributed by atoms with Crippen LogP contribution in [-0.4, -0.2) is 54.5 Å². The van der Waals surface area contributed by atoms with Crippen molar-refractivity contribution >= 4 is 6.09 Å². The average Bonchev–Trinajstić information content (AvgIpc) is 2.36. The molecule has 0 spiro atoms. The molecule has 20 heavy (non-hydrogen) atoms.